The van der Waals surface area contributed by atoms with Crippen LogP contribution in [0.3, 0.4) is 0 Å². The molecule has 0 aromatic rings. The first-order valence-corrected chi connectivity index (χ1v) is 18.9. The monoisotopic (exact) mass is 828 g/mol. The van der Waals surface area contributed by atoms with Gasteiger partial charge in [-0.25, -0.2) is 4.79 Å². The number of aliphatic hydroxyl groups excluding tert-OH is 1. The second-order valence-corrected chi connectivity index (χ2v) is 14.0. The van der Waals surface area contributed by atoms with Crippen molar-refractivity contribution in [2.45, 2.75) is 109 Å². The standard InChI is InChI=1S/C34H64N14O10/c1-6-18(4)26(32(57)58)48-31(56)23(16-49)47-29(54)21(10-8-12-41-34(38)39)45-30(55)22(13-17(2)3)46-28(53)20(9-7-11-40-33(36)37)44-25(51)15-42-24(50)14-43-27(52)19(5)35/h17-23,26,49H,6-16,35H2,1-5H3,(H,42,50)(H,43,52)(H,44,51)(H,45,55)(H,46,53)(H,47,54)(H,48,56)(H,57,58)(H4,36,37,40)(H4,38,39,41)/t18-,19-,20-,21-,22-,23-,26-/m0/s1. The number of aliphatic imine (C=N–C) groups is 2. The number of guanidine groups is 2. The molecule has 0 aromatic heterocycles. The molecule has 0 aliphatic rings. The number of aliphatic hydroxyl groups is 1. The van der Waals surface area contributed by atoms with Crippen LogP contribution in [0.15, 0.2) is 9.98 Å². The third kappa shape index (κ3) is 22.1. The van der Waals surface area contributed by atoms with Crippen LogP contribution in [0.5, 0.6) is 0 Å². The predicted molar refractivity (Wildman–Crippen MR) is 213 cm³/mol. The SMILES string of the molecule is CC[C@H](C)[C@H](NC(=O)[C@H](CO)NC(=O)[C@H](CCCN=C(N)N)NC(=O)[C@H](CC(C)C)NC(=O)[C@H](CCCN=C(N)N)NC(=O)CNC(=O)CNC(=O)[C@H](C)N)C(=O)O. The van der Waals surface area contributed by atoms with Gasteiger partial charge in [-0.3, -0.25) is 43.5 Å². The Hall–Kier alpha value is -5.78. The van der Waals surface area contributed by atoms with E-state index in [-0.39, 0.29) is 63.0 Å². The van der Waals surface area contributed by atoms with E-state index in [4.69, 9.17) is 28.7 Å². The average Bonchev–Trinajstić information content (AvgIpc) is 3.14. The van der Waals surface area contributed by atoms with Gasteiger partial charge in [0.15, 0.2) is 11.9 Å². The zero-order valence-corrected chi connectivity index (χ0v) is 33.8. The molecule has 19 N–H and O–H groups in total. The number of carbonyl (C=O) groups excluding carboxylic acids is 7. The first-order valence-electron chi connectivity index (χ1n) is 18.9. The van der Waals surface area contributed by atoms with Gasteiger partial charge < -0.3 is 76.1 Å². The van der Waals surface area contributed by atoms with Gasteiger partial charge in [0.25, 0.3) is 0 Å². The number of nitrogens with two attached hydrogens (primary N) is 5. The fourth-order valence-electron chi connectivity index (χ4n) is 5.01. The van der Waals surface area contributed by atoms with Crippen molar-refractivity contribution in [3.05, 3.63) is 0 Å². The zero-order valence-electron chi connectivity index (χ0n) is 33.8. The van der Waals surface area contributed by atoms with E-state index in [1.807, 2.05) is 0 Å². The molecule has 0 spiro atoms. The molecule has 0 saturated carbocycles. The Kier molecular flexibility index (Phi) is 25.0. The van der Waals surface area contributed by atoms with Gasteiger partial charge in [-0.2, -0.15) is 0 Å². The minimum Gasteiger partial charge on any atom is -0.480 e. The van der Waals surface area contributed by atoms with Crippen LogP contribution in [0.1, 0.15) is 73.1 Å². The molecule has 0 aromatic carbocycles. The first kappa shape index (κ1) is 52.2. The van der Waals surface area contributed by atoms with E-state index in [1.165, 1.54) is 6.92 Å². The Morgan fingerprint density at radius 3 is 1.50 bits per heavy atom. The summed E-state index contributed by atoms with van der Waals surface area (Å²) < 4.78 is 0. The fraction of sp³-hybridized carbons (Fsp3) is 0.706. The Balaban J connectivity index is 6.21. The summed E-state index contributed by atoms with van der Waals surface area (Å²) in [5, 5.41) is 36.5. The Morgan fingerprint density at radius 1 is 0.603 bits per heavy atom. The molecule has 0 heterocycles. The van der Waals surface area contributed by atoms with Crippen LogP contribution in [-0.2, 0) is 38.4 Å². The van der Waals surface area contributed by atoms with Crippen molar-refractivity contribution in [3.8, 4) is 0 Å². The normalized spacial score (nSPS) is 14.4. The average molecular weight is 829 g/mol. The van der Waals surface area contributed by atoms with Gasteiger partial charge in [-0.15, -0.1) is 0 Å². The lowest BCUT2D eigenvalue weighted by atomic mass is 9.99. The number of carboxylic acid groups (broad SMARTS) is 1. The number of amides is 7. The van der Waals surface area contributed by atoms with Crippen molar-refractivity contribution in [2.75, 3.05) is 32.8 Å². The predicted octanol–water partition coefficient (Wildman–Crippen LogP) is -5.73. The topological polar surface area (TPSA) is 416 Å². The molecule has 7 amide bonds. The molecule has 0 rings (SSSR count). The molecule has 24 nitrogen and oxygen atoms in total. The highest BCUT2D eigenvalue weighted by atomic mass is 16.4. The van der Waals surface area contributed by atoms with E-state index in [0.717, 1.165) is 0 Å². The zero-order chi connectivity index (χ0) is 44.5. The summed E-state index contributed by atoms with van der Waals surface area (Å²) in [6.45, 7) is 6.52. The molecule has 0 radical (unpaired) electrons. The van der Waals surface area contributed by atoms with E-state index in [0.29, 0.717) is 6.42 Å². The summed E-state index contributed by atoms with van der Waals surface area (Å²) in [4.78, 5) is 110. The van der Waals surface area contributed by atoms with Crippen molar-refractivity contribution in [1.29, 1.82) is 0 Å². The number of carbonyl (C=O) groups is 8. The van der Waals surface area contributed by atoms with Crippen LogP contribution in [0.4, 0.5) is 0 Å². The third-order valence-electron chi connectivity index (χ3n) is 8.39. The molecule has 0 aliphatic heterocycles. The number of rotatable bonds is 28. The van der Waals surface area contributed by atoms with Crippen molar-refractivity contribution in [1.82, 2.24) is 37.2 Å². The maximum Gasteiger partial charge on any atom is 0.326 e. The van der Waals surface area contributed by atoms with E-state index in [9.17, 15) is 48.6 Å². The minimum atomic E-state index is -1.59. The minimum absolute atomic E-state index is 0.0109. The summed E-state index contributed by atoms with van der Waals surface area (Å²) >= 11 is 0. The van der Waals surface area contributed by atoms with Gasteiger partial charge in [0.2, 0.25) is 41.4 Å². The number of hydrogen-bond acceptors (Lipinski definition) is 12. The molecule has 0 unspecified atom stereocenters. The smallest absolute Gasteiger partial charge is 0.326 e. The molecule has 0 fully saturated rings. The number of nitrogens with zero attached hydrogens (tertiary/aromatic N) is 2. The molecule has 330 valence electrons. The molecule has 24 heteroatoms. The van der Waals surface area contributed by atoms with Crippen LogP contribution in [0.25, 0.3) is 0 Å². The molecule has 0 bridgehead atoms. The Bertz CT molecular complexity index is 1450. The van der Waals surface area contributed by atoms with E-state index < -0.39 is 109 Å². The summed E-state index contributed by atoms with van der Waals surface area (Å²) in [5.74, 6) is -7.96. The van der Waals surface area contributed by atoms with Crippen LogP contribution in [0.2, 0.25) is 0 Å². The molecule has 58 heavy (non-hydrogen) atoms. The van der Waals surface area contributed by atoms with Gasteiger partial charge in [0, 0.05) is 13.1 Å². The molecule has 7 atom stereocenters. The summed E-state index contributed by atoms with van der Waals surface area (Å²) in [5.41, 5.74) is 27.0. The number of carboxylic acids is 1. The largest absolute Gasteiger partial charge is 0.480 e. The molecule has 0 aliphatic carbocycles. The fourth-order valence-corrected chi connectivity index (χ4v) is 5.01. The van der Waals surface area contributed by atoms with E-state index in [2.05, 4.69) is 47.2 Å². The van der Waals surface area contributed by atoms with E-state index >= 15 is 0 Å². The number of hydrogen-bond donors (Lipinski definition) is 14. The Morgan fingerprint density at radius 2 is 1.05 bits per heavy atom. The lowest BCUT2D eigenvalue weighted by molar-refractivity contribution is -0.144. The van der Waals surface area contributed by atoms with Crippen molar-refractivity contribution >= 4 is 59.2 Å². The van der Waals surface area contributed by atoms with Crippen molar-refractivity contribution in [3.63, 3.8) is 0 Å². The maximum atomic E-state index is 13.8. The first-order chi connectivity index (χ1) is 27.1. The lowest BCUT2D eigenvalue weighted by Crippen LogP contribution is -2.60. The van der Waals surface area contributed by atoms with Gasteiger partial charge in [-0.1, -0.05) is 34.1 Å². The van der Waals surface area contributed by atoms with Crippen LogP contribution in [0, 0.1) is 11.8 Å². The van der Waals surface area contributed by atoms with Crippen LogP contribution >= 0.6 is 0 Å². The van der Waals surface area contributed by atoms with Crippen LogP contribution < -0.4 is 65.9 Å². The van der Waals surface area contributed by atoms with Crippen molar-refractivity contribution in [2.24, 2.45) is 50.5 Å². The second-order valence-electron chi connectivity index (χ2n) is 14.0. The second kappa shape index (κ2) is 27.8. The summed E-state index contributed by atoms with van der Waals surface area (Å²) in [6, 6.07) is -7.65. The van der Waals surface area contributed by atoms with Crippen molar-refractivity contribution < 1.29 is 48.6 Å². The summed E-state index contributed by atoms with van der Waals surface area (Å²) in [6.07, 6.45) is 0.739. The van der Waals surface area contributed by atoms with Gasteiger partial charge in [0.1, 0.15) is 30.2 Å². The van der Waals surface area contributed by atoms with Gasteiger partial charge in [0.05, 0.1) is 25.7 Å². The Labute approximate surface area is 337 Å². The van der Waals surface area contributed by atoms with E-state index in [1.54, 1.807) is 27.7 Å². The molecular formula is C34H64N14O10. The highest BCUT2D eigenvalue weighted by Gasteiger charge is 2.33. The molecule has 0 saturated heterocycles. The van der Waals surface area contributed by atoms with Gasteiger partial charge in [-0.05, 0) is 50.9 Å². The quantitative estimate of drug-likeness (QED) is 0.0199. The summed E-state index contributed by atoms with van der Waals surface area (Å²) in [7, 11) is 0. The molecular weight excluding hydrogens is 764 g/mol. The third-order valence-corrected chi connectivity index (χ3v) is 8.39. The number of aliphatic carboxylic acids is 1. The highest BCUT2D eigenvalue weighted by Crippen LogP contribution is 2.10. The lowest BCUT2D eigenvalue weighted by Gasteiger charge is -2.27. The highest BCUT2D eigenvalue weighted by molar-refractivity contribution is 5.96. The number of nitrogens with one attached hydrogen (secondary N) is 7. The van der Waals surface area contributed by atoms with Gasteiger partial charge >= 0.3 is 5.97 Å². The maximum absolute atomic E-state index is 13.8. The van der Waals surface area contributed by atoms with Crippen LogP contribution in [-0.4, -0.2) is 138 Å².